The Kier molecular flexibility index (Phi) is 8.44. The summed E-state index contributed by atoms with van der Waals surface area (Å²) in [6, 6.07) is 16.3. The minimum atomic E-state index is -0.965. The third kappa shape index (κ3) is 7.24. The zero-order valence-corrected chi connectivity index (χ0v) is 16.0. The molecule has 4 heteroatoms. The van der Waals surface area contributed by atoms with Gasteiger partial charge in [-0.05, 0) is 50.5 Å². The molecule has 2 nitrogen and oxygen atoms in total. The summed E-state index contributed by atoms with van der Waals surface area (Å²) in [6.07, 6.45) is 2.04. The second kappa shape index (κ2) is 9.80. The molecule has 0 aliphatic rings. The Morgan fingerprint density at radius 1 is 0.783 bits per heavy atom. The molecule has 0 aliphatic carbocycles. The SMILES string of the molecule is Cc1ccc(OP(CCC(C)C)Oc2ccc(C)cc2)cc1.Cl. The minimum absolute atomic E-state index is 0. The van der Waals surface area contributed by atoms with Crippen LogP contribution in [0.1, 0.15) is 31.4 Å². The lowest BCUT2D eigenvalue weighted by molar-refractivity contribution is 0.479. The first kappa shape index (κ1) is 19.8. The molecule has 0 aromatic heterocycles. The van der Waals surface area contributed by atoms with Crippen LogP contribution in [0.5, 0.6) is 11.5 Å². The average Bonchev–Trinajstić information content (AvgIpc) is 2.49. The van der Waals surface area contributed by atoms with Crippen LogP contribution in [0.25, 0.3) is 0 Å². The summed E-state index contributed by atoms with van der Waals surface area (Å²) in [5, 5.41) is 0. The van der Waals surface area contributed by atoms with Gasteiger partial charge in [0.1, 0.15) is 11.5 Å². The molecule has 0 amide bonds. The van der Waals surface area contributed by atoms with Crippen molar-refractivity contribution in [1.29, 1.82) is 0 Å². The first-order valence-corrected chi connectivity index (χ1v) is 9.16. The molecule has 0 atom stereocenters. The predicted octanol–water partition coefficient (Wildman–Crippen LogP) is 6.54. The van der Waals surface area contributed by atoms with Crippen LogP contribution < -0.4 is 9.05 Å². The standard InChI is InChI=1S/C19H25O2P.ClH/c1-15(2)13-14-22(20-18-9-5-16(3)6-10-18)21-19-11-7-17(4)8-12-19;/h5-12,15H,13-14H2,1-4H3;1H. The molecular formula is C19H26ClO2P. The van der Waals surface area contributed by atoms with Gasteiger partial charge in [-0.15, -0.1) is 12.4 Å². The number of aryl methyl sites for hydroxylation is 2. The van der Waals surface area contributed by atoms with Gasteiger partial charge in [-0.2, -0.15) is 0 Å². The maximum Gasteiger partial charge on any atom is 0.290 e. The van der Waals surface area contributed by atoms with Crippen molar-refractivity contribution in [3.05, 3.63) is 59.7 Å². The second-order valence-electron chi connectivity index (χ2n) is 6.05. The van der Waals surface area contributed by atoms with Gasteiger partial charge in [0.25, 0.3) is 8.38 Å². The lowest BCUT2D eigenvalue weighted by Gasteiger charge is -2.19. The maximum absolute atomic E-state index is 6.10. The summed E-state index contributed by atoms with van der Waals surface area (Å²) in [6.45, 7) is 8.61. The van der Waals surface area contributed by atoms with E-state index >= 15 is 0 Å². The topological polar surface area (TPSA) is 18.5 Å². The molecule has 0 radical (unpaired) electrons. The lowest BCUT2D eigenvalue weighted by Crippen LogP contribution is -2.02. The van der Waals surface area contributed by atoms with E-state index in [0.29, 0.717) is 5.92 Å². The smallest absolute Gasteiger partial charge is 0.290 e. The molecule has 2 aromatic carbocycles. The van der Waals surface area contributed by atoms with Crippen molar-refractivity contribution in [3.63, 3.8) is 0 Å². The molecule has 2 aromatic rings. The maximum atomic E-state index is 6.10. The highest BCUT2D eigenvalue weighted by molar-refractivity contribution is 7.48. The highest BCUT2D eigenvalue weighted by Gasteiger charge is 2.15. The molecule has 126 valence electrons. The summed E-state index contributed by atoms with van der Waals surface area (Å²) >= 11 is 0. The summed E-state index contributed by atoms with van der Waals surface area (Å²) < 4.78 is 12.2. The van der Waals surface area contributed by atoms with Gasteiger partial charge in [0.15, 0.2) is 0 Å². The average molecular weight is 353 g/mol. The molecule has 0 fully saturated rings. The van der Waals surface area contributed by atoms with E-state index < -0.39 is 8.38 Å². The second-order valence-corrected chi connectivity index (χ2v) is 7.53. The zero-order valence-electron chi connectivity index (χ0n) is 14.3. The minimum Gasteiger partial charge on any atom is -0.439 e. The normalized spacial score (nSPS) is 10.5. The van der Waals surface area contributed by atoms with Crippen molar-refractivity contribution in [2.45, 2.75) is 34.1 Å². The van der Waals surface area contributed by atoms with Crippen LogP contribution in [0, 0.1) is 19.8 Å². The van der Waals surface area contributed by atoms with Gasteiger partial charge in [-0.3, -0.25) is 0 Å². The fourth-order valence-corrected chi connectivity index (χ4v) is 3.57. The highest BCUT2D eigenvalue weighted by atomic mass is 35.5. The number of benzene rings is 2. The van der Waals surface area contributed by atoms with Crippen LogP contribution in [-0.4, -0.2) is 6.16 Å². The fraction of sp³-hybridized carbons (Fsp3) is 0.368. The Labute approximate surface area is 147 Å². The van der Waals surface area contributed by atoms with Gasteiger partial charge in [0.05, 0.1) is 0 Å². The molecule has 0 unspecified atom stereocenters. The summed E-state index contributed by atoms with van der Waals surface area (Å²) in [5.41, 5.74) is 2.47. The monoisotopic (exact) mass is 352 g/mol. The molecule has 0 saturated carbocycles. The summed E-state index contributed by atoms with van der Waals surface area (Å²) in [4.78, 5) is 0. The Bertz CT molecular complexity index is 519. The Morgan fingerprint density at radius 2 is 1.17 bits per heavy atom. The largest absolute Gasteiger partial charge is 0.439 e. The molecule has 0 spiro atoms. The molecule has 23 heavy (non-hydrogen) atoms. The van der Waals surface area contributed by atoms with E-state index in [4.69, 9.17) is 9.05 Å². The molecule has 0 aliphatic heterocycles. The zero-order chi connectivity index (χ0) is 15.9. The van der Waals surface area contributed by atoms with Gasteiger partial charge >= 0.3 is 0 Å². The van der Waals surface area contributed by atoms with Crippen LogP contribution in [0.4, 0.5) is 0 Å². The first-order chi connectivity index (χ1) is 10.5. The Balaban J connectivity index is 0.00000264. The Hall–Kier alpha value is -1.24. The van der Waals surface area contributed by atoms with Gasteiger partial charge < -0.3 is 9.05 Å². The quantitative estimate of drug-likeness (QED) is 0.526. The van der Waals surface area contributed by atoms with Crippen molar-refractivity contribution in [2.24, 2.45) is 5.92 Å². The molecule has 2 rings (SSSR count). The van der Waals surface area contributed by atoms with Crippen LogP contribution in [0.2, 0.25) is 0 Å². The van der Waals surface area contributed by atoms with Crippen LogP contribution in [0.15, 0.2) is 48.5 Å². The molecule has 0 saturated heterocycles. The molecule has 0 N–H and O–H groups in total. The van der Waals surface area contributed by atoms with Gasteiger partial charge in [-0.25, -0.2) is 0 Å². The van der Waals surface area contributed by atoms with Crippen molar-refractivity contribution < 1.29 is 9.05 Å². The van der Waals surface area contributed by atoms with E-state index in [0.717, 1.165) is 24.1 Å². The van der Waals surface area contributed by atoms with E-state index in [9.17, 15) is 0 Å². The number of halogens is 1. The number of rotatable bonds is 7. The van der Waals surface area contributed by atoms with Crippen molar-refractivity contribution in [2.75, 3.05) is 6.16 Å². The Morgan fingerprint density at radius 3 is 1.52 bits per heavy atom. The lowest BCUT2D eigenvalue weighted by atomic mass is 10.2. The third-order valence-electron chi connectivity index (χ3n) is 3.35. The van der Waals surface area contributed by atoms with Crippen LogP contribution in [0.3, 0.4) is 0 Å². The summed E-state index contributed by atoms with van der Waals surface area (Å²) in [5.74, 6) is 2.41. The first-order valence-electron chi connectivity index (χ1n) is 7.80. The van der Waals surface area contributed by atoms with Crippen LogP contribution in [-0.2, 0) is 0 Å². The van der Waals surface area contributed by atoms with Crippen molar-refractivity contribution in [1.82, 2.24) is 0 Å². The molecular weight excluding hydrogens is 327 g/mol. The van der Waals surface area contributed by atoms with Gasteiger partial charge in [0, 0.05) is 6.16 Å². The van der Waals surface area contributed by atoms with Crippen molar-refractivity contribution >= 4 is 20.8 Å². The van der Waals surface area contributed by atoms with Crippen molar-refractivity contribution in [3.8, 4) is 11.5 Å². The summed E-state index contributed by atoms with van der Waals surface area (Å²) in [7, 11) is -0.965. The van der Waals surface area contributed by atoms with E-state index in [1.165, 1.54) is 11.1 Å². The van der Waals surface area contributed by atoms with E-state index in [1.807, 2.05) is 24.3 Å². The molecule has 0 bridgehead atoms. The van der Waals surface area contributed by atoms with Gasteiger partial charge in [0.2, 0.25) is 0 Å². The third-order valence-corrected chi connectivity index (χ3v) is 4.80. The van der Waals surface area contributed by atoms with Crippen LogP contribution >= 0.6 is 20.8 Å². The number of hydrogen-bond donors (Lipinski definition) is 0. The predicted molar refractivity (Wildman–Crippen MR) is 102 cm³/mol. The fourth-order valence-electron chi connectivity index (χ4n) is 1.91. The van der Waals surface area contributed by atoms with E-state index in [2.05, 4.69) is 52.0 Å². The van der Waals surface area contributed by atoms with E-state index in [1.54, 1.807) is 0 Å². The van der Waals surface area contributed by atoms with Gasteiger partial charge in [-0.1, -0.05) is 49.2 Å². The molecule has 0 heterocycles. The van der Waals surface area contributed by atoms with E-state index in [-0.39, 0.29) is 12.4 Å². The number of hydrogen-bond acceptors (Lipinski definition) is 2. The highest BCUT2D eigenvalue weighted by Crippen LogP contribution is 2.41.